The minimum Gasteiger partial charge on any atom is -0.387 e. The van der Waals surface area contributed by atoms with Crippen molar-refractivity contribution in [3.05, 3.63) is 0 Å². The SMILES string of the molecule is CCC(O)/C(C)=N/N. The van der Waals surface area contributed by atoms with Gasteiger partial charge in [-0.3, -0.25) is 0 Å². The van der Waals surface area contributed by atoms with Gasteiger partial charge in [-0.1, -0.05) is 6.92 Å². The van der Waals surface area contributed by atoms with Crippen LogP contribution in [0.25, 0.3) is 0 Å². The Morgan fingerprint density at radius 2 is 2.38 bits per heavy atom. The third-order valence-electron chi connectivity index (χ3n) is 1.07. The predicted octanol–water partition coefficient (Wildman–Crippen LogP) is 0.0919. The Morgan fingerprint density at radius 3 is 2.50 bits per heavy atom. The lowest BCUT2D eigenvalue weighted by Crippen LogP contribution is -2.17. The Hall–Kier alpha value is -0.570. The molecule has 0 bridgehead atoms. The Labute approximate surface area is 49.2 Å². The molecule has 8 heavy (non-hydrogen) atoms. The summed E-state index contributed by atoms with van der Waals surface area (Å²) in [7, 11) is 0. The maximum absolute atomic E-state index is 8.92. The molecule has 1 unspecified atom stereocenters. The minimum atomic E-state index is -0.458. The first kappa shape index (κ1) is 7.43. The zero-order valence-electron chi connectivity index (χ0n) is 5.26. The van der Waals surface area contributed by atoms with E-state index < -0.39 is 6.10 Å². The van der Waals surface area contributed by atoms with Crippen molar-refractivity contribution >= 4 is 5.71 Å². The maximum atomic E-state index is 8.92. The second kappa shape index (κ2) is 3.43. The largest absolute Gasteiger partial charge is 0.387 e. The topological polar surface area (TPSA) is 58.6 Å². The molecule has 0 saturated carbocycles. The molecule has 0 aromatic carbocycles. The van der Waals surface area contributed by atoms with Crippen LogP contribution in [-0.4, -0.2) is 16.9 Å². The zero-order chi connectivity index (χ0) is 6.57. The Kier molecular flexibility index (Phi) is 3.19. The number of hydrogen-bond donors (Lipinski definition) is 2. The second-order valence-corrected chi connectivity index (χ2v) is 1.69. The van der Waals surface area contributed by atoms with Crippen molar-refractivity contribution in [3.63, 3.8) is 0 Å². The first-order valence-corrected chi connectivity index (χ1v) is 2.64. The molecule has 0 aromatic rings. The van der Waals surface area contributed by atoms with Crippen molar-refractivity contribution in [1.82, 2.24) is 0 Å². The molecule has 0 rings (SSSR count). The van der Waals surface area contributed by atoms with Gasteiger partial charge < -0.3 is 10.9 Å². The van der Waals surface area contributed by atoms with Crippen LogP contribution in [0.2, 0.25) is 0 Å². The monoisotopic (exact) mass is 116 g/mol. The molecule has 0 saturated heterocycles. The molecule has 3 nitrogen and oxygen atoms in total. The van der Waals surface area contributed by atoms with E-state index in [9.17, 15) is 0 Å². The van der Waals surface area contributed by atoms with Gasteiger partial charge in [0.1, 0.15) is 0 Å². The van der Waals surface area contributed by atoms with E-state index in [-0.39, 0.29) is 0 Å². The zero-order valence-corrected chi connectivity index (χ0v) is 5.26. The van der Waals surface area contributed by atoms with E-state index in [0.717, 1.165) is 0 Å². The van der Waals surface area contributed by atoms with Gasteiger partial charge in [0.15, 0.2) is 0 Å². The molecule has 0 radical (unpaired) electrons. The summed E-state index contributed by atoms with van der Waals surface area (Å²) in [6.45, 7) is 3.58. The highest BCUT2D eigenvalue weighted by Crippen LogP contribution is 1.90. The maximum Gasteiger partial charge on any atom is 0.0933 e. The van der Waals surface area contributed by atoms with E-state index in [4.69, 9.17) is 10.9 Å². The molecule has 0 aliphatic carbocycles. The molecular weight excluding hydrogens is 104 g/mol. The lowest BCUT2D eigenvalue weighted by molar-refractivity contribution is 0.236. The van der Waals surface area contributed by atoms with Crippen LogP contribution in [0.4, 0.5) is 0 Å². The fourth-order valence-corrected chi connectivity index (χ4v) is 0.381. The van der Waals surface area contributed by atoms with Gasteiger partial charge in [-0.05, 0) is 13.3 Å². The van der Waals surface area contributed by atoms with Gasteiger partial charge >= 0.3 is 0 Å². The second-order valence-electron chi connectivity index (χ2n) is 1.69. The minimum absolute atomic E-state index is 0.458. The van der Waals surface area contributed by atoms with E-state index in [0.29, 0.717) is 12.1 Å². The molecule has 0 aromatic heterocycles. The summed E-state index contributed by atoms with van der Waals surface area (Å²) in [5.41, 5.74) is 0.590. The summed E-state index contributed by atoms with van der Waals surface area (Å²) < 4.78 is 0. The number of aliphatic hydroxyl groups is 1. The van der Waals surface area contributed by atoms with Crippen LogP contribution in [0, 0.1) is 0 Å². The molecule has 0 amide bonds. The van der Waals surface area contributed by atoms with Crippen LogP contribution >= 0.6 is 0 Å². The molecule has 0 aliphatic rings. The van der Waals surface area contributed by atoms with E-state index >= 15 is 0 Å². The Balaban J connectivity index is 3.63. The molecule has 1 atom stereocenters. The van der Waals surface area contributed by atoms with Crippen LogP contribution in [0.1, 0.15) is 20.3 Å². The van der Waals surface area contributed by atoms with Crippen LogP contribution < -0.4 is 5.84 Å². The lowest BCUT2D eigenvalue weighted by Gasteiger charge is -2.03. The number of nitrogens with two attached hydrogens (primary N) is 1. The van der Waals surface area contributed by atoms with E-state index in [1.165, 1.54) is 0 Å². The summed E-state index contributed by atoms with van der Waals surface area (Å²) in [6, 6.07) is 0. The highest BCUT2D eigenvalue weighted by atomic mass is 16.3. The normalized spacial score (nSPS) is 16.1. The van der Waals surface area contributed by atoms with Gasteiger partial charge in [-0.15, -0.1) is 0 Å². The first-order valence-electron chi connectivity index (χ1n) is 2.64. The molecule has 0 fully saturated rings. The number of hydrogen-bond acceptors (Lipinski definition) is 3. The Bertz CT molecular complexity index is 90.4. The van der Waals surface area contributed by atoms with Crippen molar-refractivity contribution in [2.24, 2.45) is 10.9 Å². The quantitative estimate of drug-likeness (QED) is 0.305. The summed E-state index contributed by atoms with van der Waals surface area (Å²) in [5, 5.41) is 12.2. The van der Waals surface area contributed by atoms with Crippen molar-refractivity contribution in [2.45, 2.75) is 26.4 Å². The smallest absolute Gasteiger partial charge is 0.0933 e. The van der Waals surface area contributed by atoms with Gasteiger partial charge in [0.05, 0.1) is 11.8 Å². The first-order chi connectivity index (χ1) is 3.72. The van der Waals surface area contributed by atoms with E-state index in [2.05, 4.69) is 5.10 Å². The van der Waals surface area contributed by atoms with Gasteiger partial charge in [0.2, 0.25) is 0 Å². The number of rotatable bonds is 2. The van der Waals surface area contributed by atoms with Crippen molar-refractivity contribution in [2.75, 3.05) is 0 Å². The van der Waals surface area contributed by atoms with Crippen molar-refractivity contribution in [3.8, 4) is 0 Å². The van der Waals surface area contributed by atoms with Gasteiger partial charge in [0, 0.05) is 0 Å². The summed E-state index contributed by atoms with van der Waals surface area (Å²) in [6.07, 6.45) is 0.215. The third kappa shape index (κ3) is 1.93. The highest BCUT2D eigenvalue weighted by Gasteiger charge is 2.01. The van der Waals surface area contributed by atoms with Crippen LogP contribution in [0.15, 0.2) is 5.10 Å². The predicted molar refractivity (Wildman–Crippen MR) is 33.6 cm³/mol. The van der Waals surface area contributed by atoms with Crippen LogP contribution in [0.3, 0.4) is 0 Å². The van der Waals surface area contributed by atoms with E-state index in [1.54, 1.807) is 6.92 Å². The standard InChI is InChI=1S/C5H12N2O/c1-3-5(8)4(2)7-6/h5,8H,3,6H2,1-2H3/b7-4+. The number of aliphatic hydroxyl groups excluding tert-OH is 1. The van der Waals surface area contributed by atoms with Crippen LogP contribution in [0.5, 0.6) is 0 Å². The summed E-state index contributed by atoms with van der Waals surface area (Å²) in [5.74, 6) is 4.88. The summed E-state index contributed by atoms with van der Waals surface area (Å²) in [4.78, 5) is 0. The fourth-order valence-electron chi connectivity index (χ4n) is 0.381. The van der Waals surface area contributed by atoms with Crippen molar-refractivity contribution in [1.29, 1.82) is 0 Å². The molecule has 48 valence electrons. The van der Waals surface area contributed by atoms with Crippen molar-refractivity contribution < 1.29 is 5.11 Å². The molecule has 0 spiro atoms. The average Bonchev–Trinajstić information content (AvgIpc) is 1.84. The van der Waals surface area contributed by atoms with Gasteiger partial charge in [-0.2, -0.15) is 5.10 Å². The third-order valence-corrected chi connectivity index (χ3v) is 1.07. The molecule has 0 aliphatic heterocycles. The van der Waals surface area contributed by atoms with Gasteiger partial charge in [-0.25, -0.2) is 0 Å². The lowest BCUT2D eigenvalue weighted by atomic mass is 10.2. The number of nitrogens with zero attached hydrogens (tertiary/aromatic N) is 1. The molecular formula is C5H12N2O. The van der Waals surface area contributed by atoms with E-state index in [1.807, 2.05) is 6.92 Å². The van der Waals surface area contributed by atoms with Crippen LogP contribution in [-0.2, 0) is 0 Å². The molecule has 3 N–H and O–H groups in total. The van der Waals surface area contributed by atoms with Gasteiger partial charge in [0.25, 0.3) is 0 Å². The fraction of sp³-hybridized carbons (Fsp3) is 0.800. The number of hydrazone groups is 1. The molecule has 0 heterocycles. The average molecular weight is 116 g/mol. The molecule has 3 heteroatoms. The highest BCUT2D eigenvalue weighted by molar-refractivity contribution is 5.85. The summed E-state index contributed by atoms with van der Waals surface area (Å²) >= 11 is 0. The Morgan fingerprint density at radius 1 is 1.88 bits per heavy atom.